The summed E-state index contributed by atoms with van der Waals surface area (Å²) in [4.78, 5) is 36.6. The normalized spacial score (nSPS) is 15.1. The van der Waals surface area contributed by atoms with Gasteiger partial charge in [0.2, 0.25) is 5.91 Å². The Labute approximate surface area is 164 Å². The van der Waals surface area contributed by atoms with Crippen LogP contribution in [0, 0.1) is 19.8 Å². The van der Waals surface area contributed by atoms with Gasteiger partial charge in [0.15, 0.2) is 5.82 Å². The second kappa shape index (κ2) is 8.53. The Hall–Kier alpha value is -2.71. The zero-order valence-electron chi connectivity index (χ0n) is 17.0. The maximum Gasteiger partial charge on any atom is 0.348 e. The summed E-state index contributed by atoms with van der Waals surface area (Å²) in [5, 5.41) is 4.00. The fourth-order valence-electron chi connectivity index (χ4n) is 3.53. The Morgan fingerprint density at radius 3 is 2.57 bits per heavy atom. The molecule has 0 bridgehead atoms. The maximum atomic E-state index is 12.6. The number of rotatable bonds is 6. The standard InChI is InChI=1S/C19H28N6O3/c1-13-11-14(2)25(18(27)20-13)12-17(26)24-9-7-15(8-10-24)5-6-16-21-19(23(3)4)28-22-16/h11,15H,5-10,12H2,1-4H3. The van der Waals surface area contributed by atoms with Gasteiger partial charge in [0, 0.05) is 45.0 Å². The van der Waals surface area contributed by atoms with Gasteiger partial charge in [0.05, 0.1) is 0 Å². The molecule has 1 saturated heterocycles. The van der Waals surface area contributed by atoms with Crippen LogP contribution in [0.4, 0.5) is 6.01 Å². The summed E-state index contributed by atoms with van der Waals surface area (Å²) in [6, 6.07) is 2.34. The summed E-state index contributed by atoms with van der Waals surface area (Å²) < 4.78 is 6.62. The molecule has 3 heterocycles. The SMILES string of the molecule is Cc1cc(C)n(CC(=O)N2CCC(CCc3noc(N(C)C)n3)CC2)c(=O)n1. The quantitative estimate of drug-likeness (QED) is 0.733. The van der Waals surface area contributed by atoms with Crippen molar-refractivity contribution in [2.45, 2.75) is 46.1 Å². The second-order valence-corrected chi connectivity index (χ2v) is 7.66. The number of aromatic nitrogens is 4. The first-order valence-corrected chi connectivity index (χ1v) is 9.66. The monoisotopic (exact) mass is 388 g/mol. The van der Waals surface area contributed by atoms with E-state index in [2.05, 4.69) is 15.1 Å². The van der Waals surface area contributed by atoms with Crippen molar-refractivity contribution in [3.8, 4) is 0 Å². The Balaban J connectivity index is 1.48. The van der Waals surface area contributed by atoms with Crippen molar-refractivity contribution in [2.75, 3.05) is 32.1 Å². The molecule has 2 aromatic rings. The highest BCUT2D eigenvalue weighted by molar-refractivity contribution is 5.76. The van der Waals surface area contributed by atoms with Crippen molar-refractivity contribution in [3.05, 3.63) is 33.8 Å². The van der Waals surface area contributed by atoms with Crippen molar-refractivity contribution >= 4 is 11.9 Å². The number of carbonyl (C=O) groups excluding carboxylic acids is 1. The lowest BCUT2D eigenvalue weighted by molar-refractivity contribution is -0.133. The van der Waals surface area contributed by atoms with E-state index in [4.69, 9.17) is 4.52 Å². The van der Waals surface area contributed by atoms with Gasteiger partial charge >= 0.3 is 11.7 Å². The summed E-state index contributed by atoms with van der Waals surface area (Å²) in [5.74, 6) is 1.24. The lowest BCUT2D eigenvalue weighted by atomic mass is 9.92. The number of carbonyl (C=O) groups is 1. The minimum atomic E-state index is -0.363. The van der Waals surface area contributed by atoms with Crippen LogP contribution in [0.5, 0.6) is 0 Å². The van der Waals surface area contributed by atoms with E-state index >= 15 is 0 Å². The van der Waals surface area contributed by atoms with Gasteiger partial charge in [-0.05, 0) is 45.1 Å². The number of hydrogen-bond donors (Lipinski definition) is 0. The van der Waals surface area contributed by atoms with Gasteiger partial charge in [0.25, 0.3) is 0 Å². The summed E-state index contributed by atoms with van der Waals surface area (Å²) >= 11 is 0. The van der Waals surface area contributed by atoms with Crippen molar-refractivity contribution in [1.29, 1.82) is 0 Å². The fourth-order valence-corrected chi connectivity index (χ4v) is 3.53. The molecule has 0 atom stereocenters. The molecule has 3 rings (SSSR count). The number of anilines is 1. The van der Waals surface area contributed by atoms with Crippen LogP contribution in [0.2, 0.25) is 0 Å². The van der Waals surface area contributed by atoms with Crippen LogP contribution in [0.25, 0.3) is 0 Å². The van der Waals surface area contributed by atoms with E-state index in [1.54, 1.807) is 11.8 Å². The molecule has 1 fully saturated rings. The van der Waals surface area contributed by atoms with Crippen LogP contribution in [0.1, 0.15) is 36.5 Å². The third-order valence-corrected chi connectivity index (χ3v) is 5.22. The molecule has 9 nitrogen and oxygen atoms in total. The number of piperidine rings is 1. The van der Waals surface area contributed by atoms with Crippen molar-refractivity contribution in [2.24, 2.45) is 5.92 Å². The highest BCUT2D eigenvalue weighted by atomic mass is 16.5. The zero-order chi connectivity index (χ0) is 20.3. The van der Waals surface area contributed by atoms with E-state index in [1.165, 1.54) is 4.57 Å². The molecular formula is C19H28N6O3. The van der Waals surface area contributed by atoms with E-state index in [9.17, 15) is 9.59 Å². The van der Waals surface area contributed by atoms with Crippen molar-refractivity contribution in [1.82, 2.24) is 24.6 Å². The molecule has 2 aromatic heterocycles. The Morgan fingerprint density at radius 1 is 1.25 bits per heavy atom. The molecular weight excluding hydrogens is 360 g/mol. The highest BCUT2D eigenvalue weighted by Gasteiger charge is 2.24. The van der Waals surface area contributed by atoms with Crippen LogP contribution < -0.4 is 10.6 Å². The molecule has 1 aliphatic heterocycles. The Morgan fingerprint density at radius 2 is 1.96 bits per heavy atom. The lowest BCUT2D eigenvalue weighted by Crippen LogP contribution is -2.42. The second-order valence-electron chi connectivity index (χ2n) is 7.66. The predicted molar refractivity (Wildman–Crippen MR) is 104 cm³/mol. The Kier molecular flexibility index (Phi) is 6.11. The first kappa shape index (κ1) is 20.0. The topological polar surface area (TPSA) is 97.4 Å². The highest BCUT2D eigenvalue weighted by Crippen LogP contribution is 2.22. The van der Waals surface area contributed by atoms with Gasteiger partial charge in [-0.2, -0.15) is 9.97 Å². The van der Waals surface area contributed by atoms with Crippen LogP contribution in [0.3, 0.4) is 0 Å². The summed E-state index contributed by atoms with van der Waals surface area (Å²) in [5.41, 5.74) is 1.07. The van der Waals surface area contributed by atoms with Gasteiger partial charge < -0.3 is 14.3 Å². The number of nitrogens with zero attached hydrogens (tertiary/aromatic N) is 6. The summed E-state index contributed by atoms with van der Waals surface area (Å²) in [7, 11) is 3.73. The predicted octanol–water partition coefficient (Wildman–Crippen LogP) is 1.18. The average molecular weight is 388 g/mol. The number of hydrogen-bond acceptors (Lipinski definition) is 7. The molecule has 0 spiro atoms. The molecule has 0 aliphatic carbocycles. The summed E-state index contributed by atoms with van der Waals surface area (Å²) in [6.07, 6.45) is 3.66. The fraction of sp³-hybridized carbons (Fsp3) is 0.632. The minimum Gasteiger partial charge on any atom is -0.341 e. The van der Waals surface area contributed by atoms with Gasteiger partial charge in [-0.1, -0.05) is 5.16 Å². The van der Waals surface area contributed by atoms with Crippen LogP contribution in [-0.4, -0.2) is 57.7 Å². The molecule has 0 aromatic carbocycles. The third kappa shape index (κ3) is 4.76. The molecule has 0 radical (unpaired) electrons. The molecule has 152 valence electrons. The van der Waals surface area contributed by atoms with E-state index in [1.807, 2.05) is 32.0 Å². The summed E-state index contributed by atoms with van der Waals surface area (Å²) in [6.45, 7) is 5.09. The lowest BCUT2D eigenvalue weighted by Gasteiger charge is -2.32. The molecule has 9 heteroatoms. The minimum absolute atomic E-state index is 0.0249. The van der Waals surface area contributed by atoms with Gasteiger partial charge in [-0.3, -0.25) is 9.36 Å². The van der Waals surface area contributed by atoms with E-state index in [-0.39, 0.29) is 18.1 Å². The maximum absolute atomic E-state index is 12.6. The zero-order valence-corrected chi connectivity index (χ0v) is 17.0. The molecule has 1 aliphatic rings. The van der Waals surface area contributed by atoms with Gasteiger partial charge in [-0.25, -0.2) is 4.79 Å². The molecule has 0 saturated carbocycles. The molecule has 0 N–H and O–H groups in total. The van der Waals surface area contributed by atoms with Gasteiger partial charge in [-0.15, -0.1) is 0 Å². The van der Waals surface area contributed by atoms with E-state index in [0.717, 1.165) is 37.2 Å². The first-order valence-electron chi connectivity index (χ1n) is 9.66. The number of aryl methyl sites for hydroxylation is 3. The smallest absolute Gasteiger partial charge is 0.341 e. The molecule has 1 amide bonds. The average Bonchev–Trinajstić information content (AvgIpc) is 3.12. The van der Waals surface area contributed by atoms with Crippen LogP contribution in [-0.2, 0) is 17.8 Å². The van der Waals surface area contributed by atoms with E-state index < -0.39 is 0 Å². The van der Waals surface area contributed by atoms with E-state index in [0.29, 0.717) is 30.7 Å². The molecule has 0 unspecified atom stereocenters. The van der Waals surface area contributed by atoms with Crippen LogP contribution in [0.15, 0.2) is 15.4 Å². The van der Waals surface area contributed by atoms with Crippen molar-refractivity contribution in [3.63, 3.8) is 0 Å². The third-order valence-electron chi connectivity index (χ3n) is 5.22. The number of likely N-dealkylation sites (tertiary alicyclic amines) is 1. The largest absolute Gasteiger partial charge is 0.348 e. The van der Waals surface area contributed by atoms with Crippen LogP contribution >= 0.6 is 0 Å². The first-order chi connectivity index (χ1) is 13.3. The number of amides is 1. The Bertz CT molecular complexity index is 880. The van der Waals surface area contributed by atoms with Gasteiger partial charge in [0.1, 0.15) is 6.54 Å². The molecule has 28 heavy (non-hydrogen) atoms. The van der Waals surface area contributed by atoms with Crippen molar-refractivity contribution < 1.29 is 9.32 Å².